The molecule has 2 unspecified atom stereocenters. The van der Waals surface area contributed by atoms with E-state index in [1.807, 2.05) is 36.1 Å². The van der Waals surface area contributed by atoms with Gasteiger partial charge in [0, 0.05) is 25.1 Å². The lowest BCUT2D eigenvalue weighted by molar-refractivity contribution is 0.0653. The lowest BCUT2D eigenvalue weighted by atomic mass is 10.1. The van der Waals surface area contributed by atoms with Crippen LogP contribution in [0.25, 0.3) is 0 Å². The fourth-order valence-electron chi connectivity index (χ4n) is 2.86. The van der Waals surface area contributed by atoms with Gasteiger partial charge in [0.15, 0.2) is 11.8 Å². The standard InChI is InChI=1S/C18H28N6O2S.HI/c1-13-22-23-16(24(13)3)11-20-17(19-10-14-6-4-8-26-14)21-12-18(2,25)15-7-5-9-27-15;/h5,7,9,14,25H,4,6,8,10-12H2,1-3H3,(H2,19,20,21);1H. The summed E-state index contributed by atoms with van der Waals surface area (Å²) in [4.78, 5) is 5.54. The Labute approximate surface area is 186 Å². The third-order valence-corrected chi connectivity index (χ3v) is 5.86. The van der Waals surface area contributed by atoms with Gasteiger partial charge in [-0.2, -0.15) is 0 Å². The smallest absolute Gasteiger partial charge is 0.191 e. The zero-order valence-electron chi connectivity index (χ0n) is 16.5. The number of aromatic nitrogens is 3. The quantitative estimate of drug-likeness (QED) is 0.294. The second-order valence-corrected chi connectivity index (χ2v) is 7.96. The summed E-state index contributed by atoms with van der Waals surface area (Å²) in [6, 6.07) is 3.88. The number of guanidine groups is 1. The van der Waals surface area contributed by atoms with Gasteiger partial charge in [-0.15, -0.1) is 45.5 Å². The van der Waals surface area contributed by atoms with Gasteiger partial charge in [-0.25, -0.2) is 4.99 Å². The second-order valence-electron chi connectivity index (χ2n) is 7.01. The lowest BCUT2D eigenvalue weighted by Crippen LogP contribution is -2.46. The van der Waals surface area contributed by atoms with Gasteiger partial charge >= 0.3 is 0 Å². The van der Waals surface area contributed by atoms with E-state index in [4.69, 9.17) is 4.74 Å². The molecule has 1 saturated heterocycles. The van der Waals surface area contributed by atoms with E-state index >= 15 is 0 Å². The number of aliphatic imine (C=N–C) groups is 1. The number of aryl methyl sites for hydroxylation is 1. The van der Waals surface area contributed by atoms with Gasteiger partial charge in [-0.3, -0.25) is 0 Å². The van der Waals surface area contributed by atoms with Crippen LogP contribution in [0.5, 0.6) is 0 Å². The van der Waals surface area contributed by atoms with E-state index in [1.54, 1.807) is 6.92 Å². The van der Waals surface area contributed by atoms with Crippen LogP contribution in [0.15, 0.2) is 22.5 Å². The number of rotatable bonds is 7. The van der Waals surface area contributed by atoms with Crippen molar-refractivity contribution < 1.29 is 9.84 Å². The number of hydrogen-bond acceptors (Lipinski definition) is 6. The van der Waals surface area contributed by atoms with Crippen molar-refractivity contribution in [2.45, 2.75) is 44.9 Å². The Morgan fingerprint density at radius 3 is 2.89 bits per heavy atom. The zero-order valence-corrected chi connectivity index (χ0v) is 19.7. The van der Waals surface area contributed by atoms with Crippen molar-refractivity contribution in [2.24, 2.45) is 12.0 Å². The summed E-state index contributed by atoms with van der Waals surface area (Å²) in [5.74, 6) is 2.27. The molecule has 3 rings (SSSR count). The van der Waals surface area contributed by atoms with Crippen LogP contribution in [-0.4, -0.2) is 51.6 Å². The number of nitrogens with zero attached hydrogens (tertiary/aromatic N) is 4. The Kier molecular flexibility index (Phi) is 8.65. The van der Waals surface area contributed by atoms with E-state index in [0.717, 1.165) is 36.0 Å². The van der Waals surface area contributed by atoms with Crippen LogP contribution in [0.1, 0.15) is 36.3 Å². The van der Waals surface area contributed by atoms with Gasteiger partial charge in [-0.1, -0.05) is 6.07 Å². The highest BCUT2D eigenvalue weighted by Crippen LogP contribution is 2.24. The maximum atomic E-state index is 10.8. The number of aliphatic hydroxyl groups is 1. The predicted octanol–water partition coefficient (Wildman–Crippen LogP) is 1.92. The topological polar surface area (TPSA) is 96.6 Å². The van der Waals surface area contributed by atoms with Crippen molar-refractivity contribution in [3.8, 4) is 0 Å². The van der Waals surface area contributed by atoms with Gasteiger partial charge in [0.25, 0.3) is 0 Å². The number of hydrogen-bond donors (Lipinski definition) is 3. The molecule has 10 heteroatoms. The number of nitrogens with one attached hydrogen (secondary N) is 2. The Morgan fingerprint density at radius 2 is 2.29 bits per heavy atom. The third-order valence-electron chi connectivity index (χ3n) is 4.73. The van der Waals surface area contributed by atoms with Crippen LogP contribution < -0.4 is 10.6 Å². The molecule has 28 heavy (non-hydrogen) atoms. The van der Waals surface area contributed by atoms with Crippen molar-refractivity contribution in [1.82, 2.24) is 25.4 Å². The maximum absolute atomic E-state index is 10.8. The molecule has 8 nitrogen and oxygen atoms in total. The molecule has 2 aromatic heterocycles. The fourth-order valence-corrected chi connectivity index (χ4v) is 3.64. The molecule has 0 spiro atoms. The van der Waals surface area contributed by atoms with Crippen molar-refractivity contribution in [1.29, 1.82) is 0 Å². The molecule has 0 radical (unpaired) electrons. The van der Waals surface area contributed by atoms with E-state index in [0.29, 0.717) is 25.6 Å². The minimum atomic E-state index is -0.970. The summed E-state index contributed by atoms with van der Waals surface area (Å²) in [7, 11) is 1.93. The lowest BCUT2D eigenvalue weighted by Gasteiger charge is -2.24. The number of thiophene rings is 1. The first-order valence-electron chi connectivity index (χ1n) is 9.21. The third kappa shape index (κ3) is 6.13. The first-order valence-corrected chi connectivity index (χ1v) is 10.1. The van der Waals surface area contributed by atoms with Crippen molar-refractivity contribution >= 4 is 41.3 Å². The molecule has 3 N–H and O–H groups in total. The Morgan fingerprint density at radius 1 is 1.46 bits per heavy atom. The molecule has 0 aromatic carbocycles. The van der Waals surface area contributed by atoms with E-state index in [-0.39, 0.29) is 30.1 Å². The maximum Gasteiger partial charge on any atom is 0.191 e. The molecule has 1 fully saturated rings. The Balaban J connectivity index is 0.00000280. The summed E-state index contributed by atoms with van der Waals surface area (Å²) in [5, 5.41) is 27.5. The van der Waals surface area contributed by atoms with E-state index in [9.17, 15) is 5.11 Å². The molecule has 1 aliphatic heterocycles. The second kappa shape index (κ2) is 10.5. The average Bonchev–Trinajstić information content (AvgIpc) is 3.40. The van der Waals surface area contributed by atoms with E-state index in [2.05, 4.69) is 25.8 Å². The summed E-state index contributed by atoms with van der Waals surface area (Å²) >= 11 is 1.54. The van der Waals surface area contributed by atoms with Crippen LogP contribution in [0.4, 0.5) is 0 Å². The Hall–Kier alpha value is -1.24. The molecule has 3 heterocycles. The van der Waals surface area contributed by atoms with Crippen LogP contribution in [-0.2, 0) is 23.9 Å². The van der Waals surface area contributed by atoms with Crippen LogP contribution in [0.2, 0.25) is 0 Å². The minimum absolute atomic E-state index is 0. The molecular weight excluding hydrogens is 491 g/mol. The molecule has 2 aromatic rings. The first kappa shape index (κ1) is 23.0. The van der Waals surface area contributed by atoms with Gasteiger partial charge in [-0.05, 0) is 38.1 Å². The van der Waals surface area contributed by atoms with Gasteiger partial charge in [0.05, 0.1) is 12.6 Å². The van der Waals surface area contributed by atoms with Crippen molar-refractivity contribution in [3.05, 3.63) is 34.0 Å². The molecule has 0 bridgehead atoms. The largest absolute Gasteiger partial charge is 0.383 e. The van der Waals surface area contributed by atoms with Crippen molar-refractivity contribution in [2.75, 3.05) is 19.7 Å². The fraction of sp³-hybridized carbons (Fsp3) is 0.611. The van der Waals surface area contributed by atoms with E-state index < -0.39 is 5.60 Å². The Bertz CT molecular complexity index is 756. The molecule has 0 aliphatic carbocycles. The highest BCUT2D eigenvalue weighted by Gasteiger charge is 2.25. The summed E-state index contributed by atoms with van der Waals surface area (Å²) in [5.41, 5.74) is -0.970. The molecule has 0 amide bonds. The molecule has 2 atom stereocenters. The molecule has 1 aliphatic rings. The normalized spacial score (nSPS) is 19.1. The van der Waals surface area contributed by atoms with Gasteiger partial charge in [0.1, 0.15) is 18.0 Å². The zero-order chi connectivity index (χ0) is 19.3. The van der Waals surface area contributed by atoms with Crippen LogP contribution >= 0.6 is 35.3 Å². The predicted molar refractivity (Wildman–Crippen MR) is 121 cm³/mol. The highest BCUT2D eigenvalue weighted by molar-refractivity contribution is 14.0. The molecular formula is C18H29IN6O2S. The summed E-state index contributed by atoms with van der Waals surface area (Å²) < 4.78 is 7.59. The van der Waals surface area contributed by atoms with Crippen LogP contribution in [0.3, 0.4) is 0 Å². The number of halogens is 1. The SMILES string of the molecule is Cc1nnc(CN=C(NCC2CCCO2)NCC(C)(O)c2cccs2)n1C.I. The monoisotopic (exact) mass is 520 g/mol. The van der Waals surface area contributed by atoms with Gasteiger partial charge in [0.2, 0.25) is 0 Å². The number of ether oxygens (including phenoxy) is 1. The summed E-state index contributed by atoms with van der Waals surface area (Å²) in [6.45, 7) is 5.97. The van der Waals surface area contributed by atoms with Gasteiger partial charge < -0.3 is 25.0 Å². The van der Waals surface area contributed by atoms with Crippen molar-refractivity contribution in [3.63, 3.8) is 0 Å². The first-order chi connectivity index (χ1) is 13.0. The molecule has 156 valence electrons. The highest BCUT2D eigenvalue weighted by atomic mass is 127. The molecule has 0 saturated carbocycles. The van der Waals surface area contributed by atoms with E-state index in [1.165, 1.54) is 11.3 Å². The minimum Gasteiger partial charge on any atom is -0.383 e. The van der Waals surface area contributed by atoms with Crippen LogP contribution in [0, 0.1) is 6.92 Å². The summed E-state index contributed by atoms with van der Waals surface area (Å²) in [6.07, 6.45) is 2.35. The average molecular weight is 520 g/mol.